The summed E-state index contributed by atoms with van der Waals surface area (Å²) in [5.74, 6) is 0.762. The number of alkyl halides is 1. The highest BCUT2D eigenvalue weighted by molar-refractivity contribution is 9.09. The van der Waals surface area contributed by atoms with Gasteiger partial charge in [-0.05, 0) is 24.1 Å². The summed E-state index contributed by atoms with van der Waals surface area (Å²) in [7, 11) is 0. The fourth-order valence-electron chi connectivity index (χ4n) is 1.49. The number of nitrogens with zero attached hydrogens (tertiary/aromatic N) is 1. The number of hydrogen-bond donors (Lipinski definition) is 1. The molecule has 0 amide bonds. The van der Waals surface area contributed by atoms with Crippen LogP contribution in [0.4, 0.5) is 0 Å². The highest BCUT2D eigenvalue weighted by Gasteiger charge is 2.07. The summed E-state index contributed by atoms with van der Waals surface area (Å²) < 4.78 is 5.04. The second-order valence-electron chi connectivity index (χ2n) is 3.53. The maximum Gasteiger partial charge on any atom is 0.170 e. The molecule has 0 bridgehead atoms. The van der Waals surface area contributed by atoms with Crippen molar-refractivity contribution in [1.82, 2.24) is 5.16 Å². The van der Waals surface area contributed by atoms with Crippen molar-refractivity contribution in [2.24, 2.45) is 0 Å². The fraction of sp³-hybridized carbons (Fsp3) is 0.154. The average Bonchev–Trinajstić information content (AvgIpc) is 2.85. The van der Waals surface area contributed by atoms with Crippen molar-refractivity contribution in [2.45, 2.75) is 6.42 Å². The van der Waals surface area contributed by atoms with Crippen LogP contribution in [0, 0.1) is 0 Å². The van der Waals surface area contributed by atoms with E-state index in [0.717, 1.165) is 17.3 Å². The van der Waals surface area contributed by atoms with Gasteiger partial charge in [0.1, 0.15) is 5.75 Å². The van der Waals surface area contributed by atoms with Gasteiger partial charge in [0.2, 0.25) is 0 Å². The summed E-state index contributed by atoms with van der Waals surface area (Å²) in [5.41, 5.74) is 1.68. The molecule has 0 aliphatic rings. The third-order valence-corrected chi connectivity index (χ3v) is 2.77. The van der Waals surface area contributed by atoms with Crippen molar-refractivity contribution in [1.29, 1.82) is 0 Å². The van der Waals surface area contributed by atoms with Crippen LogP contribution >= 0.6 is 15.9 Å². The SMILES string of the molecule is Oc1ccc(C=CCCBr)cc1-c1ccno1. The number of hydrogen-bond acceptors (Lipinski definition) is 3. The molecule has 0 spiro atoms. The Morgan fingerprint density at radius 2 is 2.24 bits per heavy atom. The van der Waals surface area contributed by atoms with Crippen molar-refractivity contribution < 1.29 is 9.63 Å². The zero-order valence-electron chi connectivity index (χ0n) is 9.14. The zero-order chi connectivity index (χ0) is 12.1. The first kappa shape index (κ1) is 11.9. The molecule has 2 aromatic rings. The van der Waals surface area contributed by atoms with E-state index in [2.05, 4.69) is 27.2 Å². The third-order valence-electron chi connectivity index (χ3n) is 2.31. The van der Waals surface area contributed by atoms with Gasteiger partial charge in [-0.1, -0.05) is 39.3 Å². The van der Waals surface area contributed by atoms with E-state index in [9.17, 15) is 5.11 Å². The molecule has 1 aromatic carbocycles. The first-order valence-electron chi connectivity index (χ1n) is 5.28. The van der Waals surface area contributed by atoms with Crippen LogP contribution in [0.2, 0.25) is 0 Å². The molecule has 17 heavy (non-hydrogen) atoms. The van der Waals surface area contributed by atoms with Gasteiger partial charge in [0.25, 0.3) is 0 Å². The first-order chi connectivity index (χ1) is 8.31. The average molecular weight is 294 g/mol. The highest BCUT2D eigenvalue weighted by atomic mass is 79.9. The van der Waals surface area contributed by atoms with Gasteiger partial charge in [-0.25, -0.2) is 0 Å². The molecule has 1 heterocycles. The molecule has 2 rings (SSSR count). The molecular weight excluding hydrogens is 282 g/mol. The zero-order valence-corrected chi connectivity index (χ0v) is 10.7. The van der Waals surface area contributed by atoms with Crippen LogP contribution in [-0.4, -0.2) is 15.6 Å². The molecule has 88 valence electrons. The van der Waals surface area contributed by atoms with Gasteiger partial charge in [-0.2, -0.15) is 0 Å². The standard InChI is InChI=1S/C13H12BrNO2/c14-7-2-1-3-10-4-5-12(16)11(9-10)13-6-8-15-17-13/h1,3-6,8-9,16H,2,7H2. The smallest absolute Gasteiger partial charge is 0.170 e. The number of halogens is 1. The fourth-order valence-corrected chi connectivity index (χ4v) is 1.76. The molecule has 3 nitrogen and oxygen atoms in total. The van der Waals surface area contributed by atoms with Gasteiger partial charge >= 0.3 is 0 Å². The summed E-state index contributed by atoms with van der Waals surface area (Å²) in [5, 5.41) is 14.3. The monoisotopic (exact) mass is 293 g/mol. The molecular formula is C13H12BrNO2. The normalized spacial score (nSPS) is 11.1. The first-order valence-corrected chi connectivity index (χ1v) is 6.40. The van der Waals surface area contributed by atoms with Crippen molar-refractivity contribution in [3.63, 3.8) is 0 Å². The van der Waals surface area contributed by atoms with Crippen LogP contribution in [0.15, 0.2) is 41.1 Å². The minimum absolute atomic E-state index is 0.194. The molecule has 0 saturated heterocycles. The van der Waals surface area contributed by atoms with E-state index in [1.165, 1.54) is 0 Å². The Bertz CT molecular complexity index is 506. The number of allylic oxidation sites excluding steroid dienone is 1. The Morgan fingerprint density at radius 1 is 1.35 bits per heavy atom. The Kier molecular flexibility index (Phi) is 3.98. The number of phenolic OH excluding ortho intramolecular Hbond substituents is 1. The molecule has 1 N–H and O–H groups in total. The van der Waals surface area contributed by atoms with Gasteiger partial charge in [-0.3, -0.25) is 0 Å². The molecule has 0 atom stereocenters. The molecule has 1 aromatic heterocycles. The lowest BCUT2D eigenvalue weighted by Gasteiger charge is -2.02. The largest absolute Gasteiger partial charge is 0.507 e. The van der Waals surface area contributed by atoms with E-state index in [0.29, 0.717) is 11.3 Å². The van der Waals surface area contributed by atoms with Crippen molar-refractivity contribution in [3.8, 4) is 17.1 Å². The molecule has 0 unspecified atom stereocenters. The molecule has 4 heteroatoms. The van der Waals surface area contributed by atoms with Crippen LogP contribution in [0.3, 0.4) is 0 Å². The van der Waals surface area contributed by atoms with Crippen LogP contribution in [-0.2, 0) is 0 Å². The Balaban J connectivity index is 2.30. The van der Waals surface area contributed by atoms with E-state index in [4.69, 9.17) is 4.52 Å². The van der Waals surface area contributed by atoms with Crippen molar-refractivity contribution >= 4 is 22.0 Å². The summed E-state index contributed by atoms with van der Waals surface area (Å²) in [6.07, 6.45) is 6.62. The summed E-state index contributed by atoms with van der Waals surface area (Å²) >= 11 is 3.37. The minimum atomic E-state index is 0.194. The molecule has 0 saturated carbocycles. The minimum Gasteiger partial charge on any atom is -0.507 e. The number of rotatable bonds is 4. The van der Waals surface area contributed by atoms with Crippen LogP contribution in [0.25, 0.3) is 17.4 Å². The van der Waals surface area contributed by atoms with E-state index in [1.807, 2.05) is 18.2 Å². The Morgan fingerprint density at radius 3 is 2.94 bits per heavy atom. The molecule has 0 aliphatic carbocycles. The second-order valence-corrected chi connectivity index (χ2v) is 4.33. The Labute approximate surface area is 108 Å². The number of phenols is 1. The highest BCUT2D eigenvalue weighted by Crippen LogP contribution is 2.30. The number of aromatic nitrogens is 1. The van der Waals surface area contributed by atoms with E-state index in [1.54, 1.807) is 18.3 Å². The van der Waals surface area contributed by atoms with Crippen LogP contribution in [0.1, 0.15) is 12.0 Å². The quantitative estimate of drug-likeness (QED) is 0.871. The predicted octanol–water partition coefficient (Wildman–Crippen LogP) is 3.85. The molecule has 0 radical (unpaired) electrons. The van der Waals surface area contributed by atoms with Gasteiger partial charge in [0.05, 0.1) is 11.8 Å². The van der Waals surface area contributed by atoms with Crippen molar-refractivity contribution in [3.05, 3.63) is 42.1 Å². The van der Waals surface area contributed by atoms with Gasteiger partial charge in [0.15, 0.2) is 5.76 Å². The lowest BCUT2D eigenvalue weighted by Crippen LogP contribution is -1.79. The summed E-state index contributed by atoms with van der Waals surface area (Å²) in [6, 6.07) is 7.12. The van der Waals surface area contributed by atoms with Crippen LogP contribution in [0.5, 0.6) is 5.75 Å². The number of benzene rings is 1. The van der Waals surface area contributed by atoms with Crippen LogP contribution < -0.4 is 0 Å². The van der Waals surface area contributed by atoms with E-state index < -0.39 is 0 Å². The van der Waals surface area contributed by atoms with Gasteiger partial charge < -0.3 is 9.63 Å². The number of aromatic hydroxyl groups is 1. The molecule has 0 aliphatic heterocycles. The summed E-state index contributed by atoms with van der Waals surface area (Å²) in [4.78, 5) is 0. The van der Waals surface area contributed by atoms with Gasteiger partial charge in [0, 0.05) is 11.4 Å². The lowest BCUT2D eigenvalue weighted by molar-refractivity contribution is 0.426. The molecule has 0 fully saturated rings. The topological polar surface area (TPSA) is 46.3 Å². The van der Waals surface area contributed by atoms with E-state index in [-0.39, 0.29) is 5.75 Å². The second kappa shape index (κ2) is 5.68. The third kappa shape index (κ3) is 2.97. The maximum atomic E-state index is 9.76. The lowest BCUT2D eigenvalue weighted by atomic mass is 10.1. The maximum absolute atomic E-state index is 9.76. The summed E-state index contributed by atoms with van der Waals surface area (Å²) in [6.45, 7) is 0. The Hall–Kier alpha value is -1.55. The van der Waals surface area contributed by atoms with Gasteiger partial charge in [-0.15, -0.1) is 0 Å². The van der Waals surface area contributed by atoms with E-state index >= 15 is 0 Å². The van der Waals surface area contributed by atoms with Crippen molar-refractivity contribution in [2.75, 3.05) is 5.33 Å². The predicted molar refractivity (Wildman–Crippen MR) is 71.0 cm³/mol.